The first-order valence-corrected chi connectivity index (χ1v) is 23.7. The Bertz CT molecular complexity index is 1740. The van der Waals surface area contributed by atoms with E-state index in [2.05, 4.69) is 47.6 Å². The van der Waals surface area contributed by atoms with Crippen molar-refractivity contribution < 1.29 is 84.3 Å². The van der Waals surface area contributed by atoms with Crippen LogP contribution in [0.1, 0.15) is 113 Å². The van der Waals surface area contributed by atoms with Gasteiger partial charge in [0.1, 0.15) is 61.0 Å². The van der Waals surface area contributed by atoms with Crippen LogP contribution in [0.2, 0.25) is 0 Å². The van der Waals surface area contributed by atoms with Gasteiger partial charge in [-0.1, -0.05) is 53.2 Å². The number of aliphatic hydroxyl groups excluding tert-OH is 9. The maximum absolute atomic E-state index is 13.2. The van der Waals surface area contributed by atoms with Crippen LogP contribution in [0.15, 0.2) is 11.6 Å². The first kappa shape index (κ1) is 49.0. The Morgan fingerprint density at radius 3 is 2.03 bits per heavy atom. The highest BCUT2D eigenvalue weighted by atomic mass is 16.8. The van der Waals surface area contributed by atoms with Gasteiger partial charge < -0.3 is 79.5 Å². The van der Waals surface area contributed by atoms with E-state index in [4.69, 9.17) is 28.4 Å². The van der Waals surface area contributed by atoms with Gasteiger partial charge in [0.15, 0.2) is 18.9 Å². The van der Waals surface area contributed by atoms with Gasteiger partial charge in [0.2, 0.25) is 0 Å². The minimum Gasteiger partial charge on any atom is -0.481 e. The van der Waals surface area contributed by atoms with Crippen LogP contribution in [-0.2, 0) is 33.2 Å². The van der Waals surface area contributed by atoms with Gasteiger partial charge >= 0.3 is 5.97 Å². The molecule has 366 valence electrons. The zero-order valence-electron chi connectivity index (χ0n) is 38.5. The number of ether oxygens (including phenoxy) is 6. The van der Waals surface area contributed by atoms with E-state index >= 15 is 0 Å². The molecule has 3 aliphatic heterocycles. The van der Waals surface area contributed by atoms with Crippen LogP contribution in [-0.4, -0.2) is 169 Å². The van der Waals surface area contributed by atoms with Crippen molar-refractivity contribution in [3.63, 3.8) is 0 Å². The summed E-state index contributed by atoms with van der Waals surface area (Å²) >= 11 is 0. The quantitative estimate of drug-likeness (QED) is 0.116. The van der Waals surface area contributed by atoms with E-state index in [1.807, 2.05) is 0 Å². The highest BCUT2D eigenvalue weighted by Gasteiger charge is 2.71. The van der Waals surface area contributed by atoms with Crippen molar-refractivity contribution in [2.75, 3.05) is 19.8 Å². The highest BCUT2D eigenvalue weighted by Crippen LogP contribution is 2.76. The standard InChI is InChI=1S/C47H76O17/c1-22-30(50)33(53)35(55)38(60-22)64-37-32(52)26(62-39-36(56)34(54)31(51)25(19-48)61-39)20-59-40(37)63-29-11-12-44(6)27(43(29,4)5)10-13-45(7)28(44)9-8-23-24-18-42(2,3)14-15-46(24,41(57)58)16-17-47(23,45)21-49/h8,22,24-40,48-56H,9-21H2,1-7H3,(H,57,58)/t22-,24-,25+,26-,27-,28+,29-,30-,31+,32-,33+,34-,35+,36+,37+,38-,39-,40-,44-,45+,46-,47-/m1/s1. The molecule has 0 unspecified atom stereocenters. The molecule has 17 nitrogen and oxygen atoms in total. The topological polar surface area (TPSA) is 275 Å². The normalized spacial score (nSPS) is 53.5. The molecule has 3 heterocycles. The lowest BCUT2D eigenvalue weighted by Crippen LogP contribution is -2.67. The predicted molar refractivity (Wildman–Crippen MR) is 225 cm³/mol. The van der Waals surface area contributed by atoms with Crippen LogP contribution in [0, 0.1) is 50.2 Å². The molecule has 22 atom stereocenters. The van der Waals surface area contributed by atoms with E-state index in [9.17, 15) is 55.9 Å². The van der Waals surface area contributed by atoms with Crippen molar-refractivity contribution in [2.45, 2.75) is 205 Å². The van der Waals surface area contributed by atoms with Gasteiger partial charge in [-0.2, -0.15) is 0 Å². The molecular formula is C47H76O17. The SMILES string of the molecule is C[C@H]1O[C@H](O[C@@H]2[C@@H](O[C@@H]3CC[C@]4(C)[C@H](CC[C@@]5(C)[C@H]4CC=C4[C@H]6CC(C)(C)CC[C@@]6(C(=O)O)CC[C@@]45CO)C3(C)C)OC[C@@H](O[C@H]3O[C@@H](CO)[C@H](O)[C@@H](O)[C@@H]3O)[C@H]2O)[C@@H](O)[C@@H](O)[C@@H]1O. The summed E-state index contributed by atoms with van der Waals surface area (Å²) in [7, 11) is 0. The van der Waals surface area contributed by atoms with E-state index in [0.717, 1.165) is 38.5 Å². The third-order valence-corrected chi connectivity index (χ3v) is 18.9. The summed E-state index contributed by atoms with van der Waals surface area (Å²) in [6, 6.07) is 0. The first-order chi connectivity index (χ1) is 29.9. The van der Waals surface area contributed by atoms with Crippen LogP contribution in [0.5, 0.6) is 0 Å². The number of fused-ring (bicyclic) bond motifs is 7. The van der Waals surface area contributed by atoms with E-state index in [-0.39, 0.29) is 47.2 Å². The fourth-order valence-corrected chi connectivity index (χ4v) is 14.9. The number of carboxylic acids is 1. The summed E-state index contributed by atoms with van der Waals surface area (Å²) in [6.45, 7) is 14.1. The second-order valence-corrected chi connectivity index (χ2v) is 22.9. The maximum atomic E-state index is 13.2. The molecule has 8 aliphatic rings. The number of aliphatic carboxylic acids is 1. The minimum absolute atomic E-state index is 0.00141. The molecule has 0 aromatic heterocycles. The fraction of sp³-hybridized carbons (Fsp3) is 0.936. The van der Waals surface area contributed by atoms with Crippen LogP contribution in [0.3, 0.4) is 0 Å². The average Bonchev–Trinajstić information content (AvgIpc) is 3.24. The predicted octanol–water partition coefficient (Wildman–Crippen LogP) is 1.35. The second-order valence-electron chi connectivity index (χ2n) is 22.9. The van der Waals surface area contributed by atoms with Crippen molar-refractivity contribution in [1.82, 2.24) is 0 Å². The molecule has 3 saturated heterocycles. The van der Waals surface area contributed by atoms with Gasteiger partial charge in [0.25, 0.3) is 0 Å². The van der Waals surface area contributed by atoms with E-state index in [0.29, 0.717) is 25.7 Å². The lowest BCUT2D eigenvalue weighted by Gasteiger charge is -2.71. The molecule has 0 aromatic rings. The van der Waals surface area contributed by atoms with Gasteiger partial charge in [-0.15, -0.1) is 0 Å². The smallest absolute Gasteiger partial charge is 0.310 e. The molecule has 0 aromatic carbocycles. The Morgan fingerprint density at radius 1 is 0.719 bits per heavy atom. The number of hydrogen-bond donors (Lipinski definition) is 10. The third-order valence-electron chi connectivity index (χ3n) is 18.9. The lowest BCUT2D eigenvalue weighted by atomic mass is 9.33. The van der Waals surface area contributed by atoms with Gasteiger partial charge in [-0.05, 0) is 111 Å². The van der Waals surface area contributed by atoms with Crippen LogP contribution < -0.4 is 0 Å². The van der Waals surface area contributed by atoms with Crippen molar-refractivity contribution in [2.24, 2.45) is 50.2 Å². The molecule has 17 heteroatoms. The summed E-state index contributed by atoms with van der Waals surface area (Å²) in [5, 5.41) is 108. The number of allylic oxidation sites excluding steroid dienone is 1. The van der Waals surface area contributed by atoms with E-state index in [1.165, 1.54) is 12.5 Å². The summed E-state index contributed by atoms with van der Waals surface area (Å²) in [5.41, 5.74) is -1.12. The molecular weight excluding hydrogens is 837 g/mol. The number of rotatable bonds is 9. The highest BCUT2D eigenvalue weighted by molar-refractivity contribution is 5.76. The molecule has 0 spiro atoms. The van der Waals surface area contributed by atoms with Crippen molar-refractivity contribution in [3.8, 4) is 0 Å². The van der Waals surface area contributed by atoms with Crippen molar-refractivity contribution in [1.29, 1.82) is 0 Å². The Morgan fingerprint density at radius 2 is 1.38 bits per heavy atom. The van der Waals surface area contributed by atoms with Crippen LogP contribution >= 0.6 is 0 Å². The van der Waals surface area contributed by atoms with Gasteiger partial charge in [0, 0.05) is 5.41 Å². The fourth-order valence-electron chi connectivity index (χ4n) is 14.9. The lowest BCUT2D eigenvalue weighted by molar-refractivity contribution is -0.380. The minimum atomic E-state index is -1.76. The van der Waals surface area contributed by atoms with Gasteiger partial charge in [-0.3, -0.25) is 4.79 Å². The molecule has 0 bridgehead atoms. The molecule has 7 fully saturated rings. The second kappa shape index (κ2) is 17.2. The maximum Gasteiger partial charge on any atom is 0.310 e. The molecule has 0 amide bonds. The molecule has 0 radical (unpaired) electrons. The molecule has 8 rings (SSSR count). The largest absolute Gasteiger partial charge is 0.481 e. The first-order valence-electron chi connectivity index (χ1n) is 23.7. The Balaban J connectivity index is 1.05. The monoisotopic (exact) mass is 913 g/mol. The summed E-state index contributed by atoms with van der Waals surface area (Å²) < 4.78 is 36.7. The summed E-state index contributed by atoms with van der Waals surface area (Å²) in [4.78, 5) is 13.2. The van der Waals surface area contributed by atoms with E-state index < -0.39 is 121 Å². The number of carboxylic acid groups (broad SMARTS) is 1. The molecule has 10 N–H and O–H groups in total. The van der Waals surface area contributed by atoms with Crippen LogP contribution in [0.4, 0.5) is 0 Å². The average molecular weight is 913 g/mol. The zero-order chi connectivity index (χ0) is 46.7. The van der Waals surface area contributed by atoms with Crippen LogP contribution in [0.25, 0.3) is 0 Å². The Labute approximate surface area is 376 Å². The number of carbonyl (C=O) groups is 1. The third kappa shape index (κ3) is 7.49. The molecule has 5 aliphatic carbocycles. The summed E-state index contributed by atoms with van der Waals surface area (Å²) in [5.74, 6) is -0.496. The number of aliphatic hydroxyl groups is 9. The van der Waals surface area contributed by atoms with Crippen molar-refractivity contribution >= 4 is 5.97 Å². The Hall–Kier alpha value is -1.39. The zero-order valence-corrected chi connectivity index (χ0v) is 38.5. The Kier molecular flexibility index (Phi) is 13.2. The van der Waals surface area contributed by atoms with Crippen molar-refractivity contribution in [3.05, 3.63) is 11.6 Å². The summed E-state index contributed by atoms with van der Waals surface area (Å²) in [6.07, 6.45) is -11.6. The van der Waals surface area contributed by atoms with Gasteiger partial charge in [-0.25, -0.2) is 0 Å². The van der Waals surface area contributed by atoms with E-state index in [1.54, 1.807) is 0 Å². The van der Waals surface area contributed by atoms with Gasteiger partial charge in [0.05, 0.1) is 37.4 Å². The number of hydrogen-bond acceptors (Lipinski definition) is 16. The molecule has 64 heavy (non-hydrogen) atoms. The molecule has 4 saturated carbocycles.